The van der Waals surface area contributed by atoms with Crippen molar-refractivity contribution in [3.63, 3.8) is 0 Å². The Morgan fingerprint density at radius 2 is 0.824 bits per heavy atom. The van der Waals surface area contributed by atoms with Gasteiger partial charge in [0.25, 0.3) is 0 Å². The minimum atomic E-state index is -4.15. The van der Waals surface area contributed by atoms with Gasteiger partial charge in [0.15, 0.2) is 0 Å². The fraction of sp³-hybridized carbons (Fsp3) is 0. The van der Waals surface area contributed by atoms with Crippen LogP contribution >= 0.6 is 0 Å². The average Bonchev–Trinajstić information content (AvgIpc) is 2.83. The first kappa shape index (κ1) is 21.9. The predicted octanol–water partition coefficient (Wildman–Crippen LogP) is 5.53. The lowest BCUT2D eigenvalue weighted by molar-refractivity contribution is 0.476. The Morgan fingerprint density at radius 3 is 1.26 bits per heavy atom. The van der Waals surface area contributed by atoms with Gasteiger partial charge in [-0.15, -0.1) is 0 Å². The summed E-state index contributed by atoms with van der Waals surface area (Å²) < 4.78 is 61.7. The molecular formula is C26H18O6S2. The third-order valence-corrected chi connectivity index (χ3v) is 7.72. The van der Waals surface area contributed by atoms with E-state index in [4.69, 9.17) is 8.37 Å². The van der Waals surface area contributed by atoms with Crippen LogP contribution in [0.1, 0.15) is 0 Å². The van der Waals surface area contributed by atoms with Crippen molar-refractivity contribution in [1.29, 1.82) is 0 Å². The third-order valence-electron chi connectivity index (χ3n) is 5.24. The van der Waals surface area contributed by atoms with E-state index < -0.39 is 20.2 Å². The first-order valence-corrected chi connectivity index (χ1v) is 13.1. The van der Waals surface area contributed by atoms with Crippen LogP contribution in [0.4, 0.5) is 0 Å². The minimum Gasteiger partial charge on any atom is -0.379 e. The first-order valence-electron chi connectivity index (χ1n) is 10.3. The zero-order valence-electron chi connectivity index (χ0n) is 17.7. The molecule has 0 unspecified atom stereocenters. The average molecular weight is 491 g/mol. The molecule has 0 saturated carbocycles. The Morgan fingerprint density at radius 1 is 0.412 bits per heavy atom. The lowest BCUT2D eigenvalue weighted by Crippen LogP contribution is -2.11. The molecule has 5 aromatic rings. The molecule has 0 spiro atoms. The van der Waals surface area contributed by atoms with E-state index in [0.29, 0.717) is 0 Å². The van der Waals surface area contributed by atoms with Gasteiger partial charge < -0.3 is 8.37 Å². The Kier molecular flexibility index (Phi) is 5.47. The molecule has 0 atom stereocenters. The molecule has 0 bridgehead atoms. The molecule has 0 aliphatic rings. The van der Waals surface area contributed by atoms with Gasteiger partial charge in [-0.25, -0.2) is 0 Å². The fourth-order valence-corrected chi connectivity index (χ4v) is 5.49. The summed E-state index contributed by atoms with van der Waals surface area (Å²) in [5, 5.41) is 3.31. The Hall–Kier alpha value is -3.88. The Labute approximate surface area is 197 Å². The molecule has 6 nitrogen and oxygen atoms in total. The molecule has 0 radical (unpaired) electrons. The van der Waals surface area contributed by atoms with Gasteiger partial charge in [0.1, 0.15) is 21.3 Å². The van der Waals surface area contributed by atoms with Gasteiger partial charge in [-0.05, 0) is 57.9 Å². The van der Waals surface area contributed by atoms with Crippen LogP contribution in [0.3, 0.4) is 0 Å². The van der Waals surface area contributed by atoms with E-state index >= 15 is 0 Å². The van der Waals surface area contributed by atoms with Crippen molar-refractivity contribution in [2.24, 2.45) is 0 Å². The summed E-state index contributed by atoms with van der Waals surface area (Å²) in [4.78, 5) is -0.0254. The van der Waals surface area contributed by atoms with Gasteiger partial charge in [-0.1, -0.05) is 66.7 Å². The van der Waals surface area contributed by atoms with Crippen LogP contribution in [-0.4, -0.2) is 16.8 Å². The van der Waals surface area contributed by atoms with E-state index in [1.807, 2.05) is 36.4 Å². The van der Waals surface area contributed by atoms with Crippen LogP contribution < -0.4 is 8.37 Å². The second-order valence-corrected chi connectivity index (χ2v) is 10.7. The lowest BCUT2D eigenvalue weighted by atomic mass is 10.1. The molecule has 8 heteroatoms. The van der Waals surface area contributed by atoms with Crippen molar-refractivity contribution in [1.82, 2.24) is 0 Å². The highest BCUT2D eigenvalue weighted by molar-refractivity contribution is 7.87. The molecule has 0 saturated heterocycles. The van der Waals surface area contributed by atoms with Crippen molar-refractivity contribution in [2.45, 2.75) is 9.79 Å². The predicted molar refractivity (Wildman–Crippen MR) is 130 cm³/mol. The molecule has 5 aromatic carbocycles. The van der Waals surface area contributed by atoms with E-state index in [-0.39, 0.29) is 21.3 Å². The molecule has 0 aromatic heterocycles. The third kappa shape index (κ3) is 4.46. The topological polar surface area (TPSA) is 86.7 Å². The zero-order valence-corrected chi connectivity index (χ0v) is 19.3. The molecule has 0 amide bonds. The molecule has 170 valence electrons. The quantitative estimate of drug-likeness (QED) is 0.291. The number of fused-ring (bicyclic) bond motifs is 2. The fourth-order valence-electron chi connectivity index (χ4n) is 3.57. The van der Waals surface area contributed by atoms with Crippen molar-refractivity contribution >= 4 is 41.8 Å². The zero-order chi connectivity index (χ0) is 23.8. The normalized spacial score (nSPS) is 12.0. The number of hydrogen-bond donors (Lipinski definition) is 0. The van der Waals surface area contributed by atoms with Crippen LogP contribution in [0, 0.1) is 0 Å². The van der Waals surface area contributed by atoms with E-state index in [1.54, 1.807) is 24.3 Å². The van der Waals surface area contributed by atoms with E-state index in [2.05, 4.69) is 0 Å². The lowest BCUT2D eigenvalue weighted by Gasteiger charge is -2.11. The second kappa shape index (κ2) is 8.48. The van der Waals surface area contributed by atoms with Crippen molar-refractivity contribution in [3.8, 4) is 11.5 Å². The smallest absolute Gasteiger partial charge is 0.339 e. The highest BCUT2D eigenvalue weighted by Crippen LogP contribution is 2.28. The monoisotopic (exact) mass is 490 g/mol. The molecule has 0 heterocycles. The highest BCUT2D eigenvalue weighted by atomic mass is 32.2. The van der Waals surface area contributed by atoms with Crippen molar-refractivity contribution < 1.29 is 25.2 Å². The summed E-state index contributed by atoms with van der Waals surface area (Å²) in [5.41, 5.74) is 0. The molecule has 0 N–H and O–H groups in total. The van der Waals surface area contributed by atoms with Gasteiger partial charge in [-0.3, -0.25) is 0 Å². The van der Waals surface area contributed by atoms with Crippen LogP contribution in [0.5, 0.6) is 11.5 Å². The van der Waals surface area contributed by atoms with Gasteiger partial charge in [0.2, 0.25) is 0 Å². The Balaban J connectivity index is 1.40. The van der Waals surface area contributed by atoms with Gasteiger partial charge in [0, 0.05) is 6.07 Å². The van der Waals surface area contributed by atoms with Crippen molar-refractivity contribution in [3.05, 3.63) is 109 Å². The van der Waals surface area contributed by atoms with Gasteiger partial charge >= 0.3 is 20.2 Å². The number of hydrogen-bond acceptors (Lipinski definition) is 6. The van der Waals surface area contributed by atoms with E-state index in [1.165, 1.54) is 48.5 Å². The molecular weight excluding hydrogens is 472 g/mol. The summed E-state index contributed by atoms with van der Waals surface area (Å²) in [5.74, 6) is -0.140. The van der Waals surface area contributed by atoms with Gasteiger partial charge in [0.05, 0.1) is 0 Å². The molecule has 5 rings (SSSR count). The molecule has 0 fully saturated rings. The molecule has 0 aliphatic carbocycles. The number of benzene rings is 5. The van der Waals surface area contributed by atoms with Crippen LogP contribution in [0.15, 0.2) is 119 Å². The van der Waals surface area contributed by atoms with E-state index in [9.17, 15) is 16.8 Å². The Bertz CT molecular complexity index is 1620. The maximum atomic E-state index is 12.8. The second-order valence-electron chi connectivity index (χ2n) is 7.57. The van der Waals surface area contributed by atoms with E-state index in [0.717, 1.165) is 21.5 Å². The maximum Gasteiger partial charge on any atom is 0.339 e. The van der Waals surface area contributed by atoms with Crippen LogP contribution in [-0.2, 0) is 20.2 Å². The molecule has 0 aliphatic heterocycles. The molecule has 34 heavy (non-hydrogen) atoms. The summed E-state index contributed by atoms with van der Waals surface area (Å²) in [6.45, 7) is 0. The van der Waals surface area contributed by atoms with Crippen LogP contribution in [0.2, 0.25) is 0 Å². The highest BCUT2D eigenvalue weighted by Gasteiger charge is 2.20. The van der Waals surface area contributed by atoms with Crippen LogP contribution in [0.25, 0.3) is 21.5 Å². The maximum absolute atomic E-state index is 12.8. The number of rotatable bonds is 6. The summed E-state index contributed by atoms with van der Waals surface area (Å²) >= 11 is 0. The first-order chi connectivity index (χ1) is 16.3. The summed E-state index contributed by atoms with van der Waals surface area (Å²) in [7, 11) is -8.29. The SMILES string of the molecule is O=S(=O)(Oc1cccc(OS(=O)(=O)c2ccc3ccccc3c2)c1)c1ccc2ccccc2c1. The summed E-state index contributed by atoms with van der Waals surface area (Å²) in [6, 6.07) is 29.6. The van der Waals surface area contributed by atoms with Crippen molar-refractivity contribution in [2.75, 3.05) is 0 Å². The van der Waals surface area contributed by atoms with Gasteiger partial charge in [-0.2, -0.15) is 16.8 Å². The summed E-state index contributed by atoms with van der Waals surface area (Å²) in [6.07, 6.45) is 0. The minimum absolute atomic E-state index is 0.0127. The largest absolute Gasteiger partial charge is 0.379 e. The standard InChI is InChI=1S/C26H18O6S2/c27-33(28,25-14-12-19-6-1-3-8-21(19)16-25)31-23-10-5-11-24(18-23)32-34(29,30)26-15-13-20-7-2-4-9-22(20)17-26/h1-18H.